The Hall–Kier alpha value is -5.04. The van der Waals surface area contributed by atoms with E-state index in [0.717, 1.165) is 6.07 Å². The van der Waals surface area contributed by atoms with Crippen molar-refractivity contribution in [2.24, 2.45) is 0 Å². The molecule has 2 aliphatic heterocycles. The van der Waals surface area contributed by atoms with Crippen molar-refractivity contribution < 1.29 is 94.8 Å². The molecule has 4 aromatic rings. The molecule has 0 aliphatic carbocycles. The number of carboxylic acids is 1. The number of benzene rings is 4. The number of rotatable bonds is 32. The number of likely N-dealkylation sites (N-methyl/N-ethyl adjacent to an activating group) is 1. The second-order valence-electron chi connectivity index (χ2n) is 19.2. The molecule has 0 amide bonds. The van der Waals surface area contributed by atoms with Gasteiger partial charge in [-0.3, -0.25) is 18.5 Å². The zero-order chi connectivity index (χ0) is 58.0. The van der Waals surface area contributed by atoms with E-state index in [9.17, 15) is 61.8 Å². The Kier molecular flexibility index (Phi) is 21.3. The first-order valence-corrected chi connectivity index (χ1v) is 31.1. The predicted molar refractivity (Wildman–Crippen MR) is 292 cm³/mol. The Bertz CT molecular complexity index is 3490. The predicted octanol–water partition coefficient (Wildman–Crippen LogP) is 6.57. The number of fused-ring (bicyclic) bond motifs is 6. The van der Waals surface area contributed by atoms with Crippen molar-refractivity contribution >= 4 is 85.1 Å². The fraction of sp³-hybridized carbons (Fsp3) is 0.472. The third-order valence-corrected chi connectivity index (χ3v) is 17.5. The molecule has 0 fully saturated rings. The number of hydrogen-bond donors (Lipinski definition) is 4. The van der Waals surface area contributed by atoms with E-state index in [0.29, 0.717) is 105 Å². The fourth-order valence-corrected chi connectivity index (χ4v) is 13.0. The molecule has 4 N–H and O–H groups in total. The van der Waals surface area contributed by atoms with E-state index >= 15 is 0 Å². The number of carbonyl (C=O) groups is 1. The van der Waals surface area contributed by atoms with Crippen LogP contribution in [0.15, 0.2) is 104 Å². The first-order valence-electron chi connectivity index (χ1n) is 25.3. The number of unbranched alkanes of at least 4 members (excludes halogenated alkanes) is 2. The standard InChI is InChI=1S/C53H68N2O20S4/c1-6-54-43-18-16-39-41(33-37(76(58,59)60)35-45(39)78(64,65)66)50(43)52(2,20-23-72-29-31-74-27-25-70-4)47(54)13-9-7-10-14-48-53(3,21-24-73-30-32-75-28-26-71-5)51-42-34-38(77(61,62)63)36-46(79(67,68)69)40(42)17-19-44(51)55(48)22-12-8-11-15-49(56)57/h7,9-10,13-14,16-19,33-36H,6,8,11-12,15,20-32H2,1-5H3,(H4-,56,57,58,59,60,61,62,63,64,65,66,67,68,69). The van der Waals surface area contributed by atoms with Crippen LogP contribution in [0.1, 0.15) is 70.4 Å². The van der Waals surface area contributed by atoms with Crippen molar-refractivity contribution in [2.75, 3.05) is 98.3 Å². The minimum atomic E-state index is -5.31. The molecule has 0 bridgehead atoms. The summed E-state index contributed by atoms with van der Waals surface area (Å²) in [5.41, 5.74) is 1.24. The summed E-state index contributed by atoms with van der Waals surface area (Å²) in [4.78, 5) is 10.3. The van der Waals surface area contributed by atoms with E-state index < -0.39 is 76.9 Å². The van der Waals surface area contributed by atoms with Crippen LogP contribution < -0.4 is 4.90 Å². The van der Waals surface area contributed by atoms with Gasteiger partial charge < -0.3 is 43.0 Å². The maximum absolute atomic E-state index is 12.8. The molecular weight excluding hydrogens is 1110 g/mol. The van der Waals surface area contributed by atoms with Gasteiger partial charge in [-0.15, -0.1) is 0 Å². The summed E-state index contributed by atoms with van der Waals surface area (Å²) < 4.78 is 181. The van der Waals surface area contributed by atoms with Crippen molar-refractivity contribution in [1.29, 1.82) is 0 Å². The van der Waals surface area contributed by atoms with E-state index in [2.05, 4.69) is 0 Å². The maximum atomic E-state index is 12.8. The molecule has 4 aromatic carbocycles. The van der Waals surface area contributed by atoms with Gasteiger partial charge in [0.2, 0.25) is 5.69 Å². The summed E-state index contributed by atoms with van der Waals surface area (Å²) in [5, 5.41) is 9.53. The summed E-state index contributed by atoms with van der Waals surface area (Å²) in [5.74, 6) is -0.951. The number of nitrogens with zero attached hydrogens (tertiary/aromatic N) is 2. The largest absolute Gasteiger partial charge is 0.744 e. The van der Waals surface area contributed by atoms with Crippen LogP contribution in [0.2, 0.25) is 0 Å². The van der Waals surface area contributed by atoms with Crippen LogP contribution >= 0.6 is 0 Å². The topological polar surface area (TPSA) is 319 Å². The van der Waals surface area contributed by atoms with Crippen molar-refractivity contribution in [3.05, 3.63) is 95.7 Å². The minimum absolute atomic E-state index is 0.0147. The Labute approximate surface area is 461 Å². The zero-order valence-electron chi connectivity index (χ0n) is 44.6. The van der Waals surface area contributed by atoms with Crippen LogP contribution in [0.5, 0.6) is 0 Å². The SMILES string of the molecule is CCN1C(=CC=CC=CC2=[N+](CCCCCC(=O)O)c3ccc4c(S(=O)(=O)[O-])cc(S(=O)(=O)O)cc4c3C2(C)CCOCCOCCOC)C(C)(CCOCCOCCOC)c2c1ccc1c(S(=O)(=O)O)cc(S(=O)(=O)O)cc21. The lowest BCUT2D eigenvalue weighted by atomic mass is 9.75. The van der Waals surface area contributed by atoms with Crippen LogP contribution in [0.25, 0.3) is 21.5 Å². The monoisotopic (exact) mass is 1180 g/mol. The van der Waals surface area contributed by atoms with E-state index in [1.807, 2.05) is 42.4 Å². The van der Waals surface area contributed by atoms with Gasteiger partial charge in [-0.05, 0) is 105 Å². The van der Waals surface area contributed by atoms with E-state index in [1.165, 1.54) is 18.2 Å². The molecule has 0 spiro atoms. The summed E-state index contributed by atoms with van der Waals surface area (Å²) in [6, 6.07) is 9.84. The number of ether oxygens (including phenoxy) is 6. The third kappa shape index (κ3) is 14.9. The van der Waals surface area contributed by atoms with E-state index in [-0.39, 0.29) is 80.4 Å². The van der Waals surface area contributed by atoms with Crippen molar-refractivity contribution in [1.82, 2.24) is 0 Å². The first kappa shape index (κ1) is 63.1. The highest BCUT2D eigenvalue weighted by molar-refractivity contribution is 7.87. The molecule has 0 aromatic heterocycles. The lowest BCUT2D eigenvalue weighted by Gasteiger charge is -2.30. The zero-order valence-corrected chi connectivity index (χ0v) is 47.8. The van der Waals surface area contributed by atoms with Crippen LogP contribution in [0, 0.1) is 0 Å². The minimum Gasteiger partial charge on any atom is -0.744 e. The van der Waals surface area contributed by atoms with Crippen molar-refractivity contribution in [3.63, 3.8) is 0 Å². The molecular formula is C53H68N2O20S4. The molecule has 434 valence electrons. The summed E-state index contributed by atoms with van der Waals surface area (Å²) in [7, 11) is -17.3. The quantitative estimate of drug-likeness (QED) is 0.0174. The van der Waals surface area contributed by atoms with E-state index in [1.54, 1.807) is 44.6 Å². The molecule has 2 aliphatic rings. The number of anilines is 1. The summed E-state index contributed by atoms with van der Waals surface area (Å²) in [6.45, 7) is 8.97. The van der Waals surface area contributed by atoms with Gasteiger partial charge >= 0.3 is 5.97 Å². The second kappa shape index (κ2) is 26.7. The average molecular weight is 1180 g/mol. The van der Waals surface area contributed by atoms with Gasteiger partial charge in [0.15, 0.2) is 5.71 Å². The highest BCUT2D eigenvalue weighted by Gasteiger charge is 2.49. The van der Waals surface area contributed by atoms with Crippen molar-refractivity contribution in [2.45, 2.75) is 89.7 Å². The molecule has 0 radical (unpaired) electrons. The number of carboxylic acid groups (broad SMARTS) is 1. The number of allylic oxidation sites excluding steroid dienone is 6. The maximum Gasteiger partial charge on any atom is 0.303 e. The normalized spacial score (nSPS) is 18.6. The smallest absolute Gasteiger partial charge is 0.303 e. The Morgan fingerprint density at radius 3 is 1.67 bits per heavy atom. The Balaban J connectivity index is 1.50. The Morgan fingerprint density at radius 2 is 1.14 bits per heavy atom. The van der Waals surface area contributed by atoms with Gasteiger partial charge in [0.25, 0.3) is 30.4 Å². The highest BCUT2D eigenvalue weighted by atomic mass is 32.2. The van der Waals surface area contributed by atoms with Crippen LogP contribution in [0.3, 0.4) is 0 Å². The van der Waals surface area contributed by atoms with Gasteiger partial charge in [0.1, 0.15) is 21.6 Å². The number of aliphatic carboxylic acids is 1. The fourth-order valence-electron chi connectivity index (χ4n) is 10.4. The third-order valence-electron chi connectivity index (χ3n) is 14.1. The molecule has 0 saturated heterocycles. The van der Waals surface area contributed by atoms with Crippen LogP contribution in [-0.2, 0) is 84.5 Å². The average Bonchev–Trinajstić information content (AvgIpc) is 3.01. The number of hydrogen-bond acceptors (Lipinski definition) is 17. The van der Waals surface area contributed by atoms with Gasteiger partial charge in [-0.1, -0.05) is 24.3 Å². The van der Waals surface area contributed by atoms with Crippen LogP contribution in [0.4, 0.5) is 11.4 Å². The molecule has 26 heteroatoms. The van der Waals surface area contributed by atoms with Gasteiger partial charge in [0, 0.05) is 92.1 Å². The van der Waals surface area contributed by atoms with Gasteiger partial charge in [0.05, 0.1) is 73.0 Å². The summed E-state index contributed by atoms with van der Waals surface area (Å²) in [6.07, 6.45) is 10.7. The van der Waals surface area contributed by atoms with Gasteiger partial charge in [-0.25, -0.2) is 8.42 Å². The lowest BCUT2D eigenvalue weighted by Crippen LogP contribution is -2.33. The molecule has 6 rings (SSSR count). The molecule has 2 unspecified atom stereocenters. The van der Waals surface area contributed by atoms with Gasteiger partial charge in [-0.2, -0.15) is 29.8 Å². The molecule has 22 nitrogen and oxygen atoms in total. The molecule has 0 saturated carbocycles. The molecule has 2 atom stereocenters. The molecule has 79 heavy (non-hydrogen) atoms. The number of methoxy groups -OCH3 is 2. The lowest BCUT2D eigenvalue weighted by molar-refractivity contribution is -0.438. The van der Waals surface area contributed by atoms with Crippen LogP contribution in [-0.4, -0.2) is 167 Å². The van der Waals surface area contributed by atoms with Crippen molar-refractivity contribution in [3.8, 4) is 0 Å². The van der Waals surface area contributed by atoms with E-state index in [4.69, 9.17) is 28.4 Å². The highest BCUT2D eigenvalue weighted by Crippen LogP contribution is 2.54. The first-order chi connectivity index (χ1) is 37.2. The second-order valence-corrected chi connectivity index (χ2v) is 24.8. The molecule has 2 heterocycles. The Morgan fingerprint density at radius 1 is 0.620 bits per heavy atom. The summed E-state index contributed by atoms with van der Waals surface area (Å²) >= 11 is 0.